The first-order chi connectivity index (χ1) is 15.7. The fourth-order valence-electron chi connectivity index (χ4n) is 3.89. The Balaban J connectivity index is 4.07. The molecule has 7 heteroatoms. The summed E-state index contributed by atoms with van der Waals surface area (Å²) >= 11 is 0. The summed E-state index contributed by atoms with van der Waals surface area (Å²) < 4.78 is 22.9. The van der Waals surface area contributed by atoms with E-state index in [9.17, 15) is 9.46 Å². The molecule has 2 N–H and O–H groups in total. The molecule has 0 aromatic carbocycles. The molecule has 6 nitrogen and oxygen atoms in total. The molecule has 0 aliphatic heterocycles. The van der Waals surface area contributed by atoms with Gasteiger partial charge >= 0.3 is 7.82 Å². The highest BCUT2D eigenvalue weighted by atomic mass is 31.2. The van der Waals surface area contributed by atoms with Crippen molar-refractivity contribution in [1.82, 2.24) is 5.32 Å². The van der Waals surface area contributed by atoms with E-state index in [0.29, 0.717) is 23.5 Å². The minimum Gasteiger partial charge on any atom is -0.329 e. The van der Waals surface area contributed by atoms with Crippen LogP contribution in [0.5, 0.6) is 0 Å². The summed E-state index contributed by atoms with van der Waals surface area (Å²) in [6.07, 6.45) is 20.6. The van der Waals surface area contributed by atoms with E-state index in [4.69, 9.17) is 9.05 Å². The highest BCUT2D eigenvalue weighted by Crippen LogP contribution is 2.43. The number of nitrogens with zero attached hydrogens (tertiary/aromatic N) is 1. The zero-order chi connectivity index (χ0) is 24.8. The molecular formula is C26H58N2O4P+. The van der Waals surface area contributed by atoms with Crippen molar-refractivity contribution < 1.29 is 23.0 Å². The number of hydrogen-bond donors (Lipinski definition) is 2. The average Bonchev–Trinajstić information content (AvgIpc) is 2.73. The van der Waals surface area contributed by atoms with E-state index in [1.54, 1.807) is 0 Å². The van der Waals surface area contributed by atoms with Crippen molar-refractivity contribution in [3.8, 4) is 0 Å². The molecule has 0 amide bonds. The lowest BCUT2D eigenvalue weighted by atomic mass is 10.00. The van der Waals surface area contributed by atoms with Crippen LogP contribution in [0.3, 0.4) is 0 Å². The van der Waals surface area contributed by atoms with Crippen LogP contribution in [0.4, 0.5) is 0 Å². The van der Waals surface area contributed by atoms with Gasteiger partial charge in [0, 0.05) is 6.04 Å². The van der Waals surface area contributed by atoms with Gasteiger partial charge in [0.1, 0.15) is 13.2 Å². The molecule has 0 saturated carbocycles. The second-order valence-corrected chi connectivity index (χ2v) is 12.1. The van der Waals surface area contributed by atoms with Gasteiger partial charge in [-0.3, -0.25) is 9.05 Å². The Bertz CT molecular complexity index is 472. The number of rotatable bonds is 25. The van der Waals surface area contributed by atoms with E-state index in [1.165, 1.54) is 96.3 Å². The van der Waals surface area contributed by atoms with Crippen molar-refractivity contribution in [2.75, 3.05) is 47.4 Å². The minimum atomic E-state index is -3.94. The maximum atomic E-state index is 12.0. The maximum absolute atomic E-state index is 12.0. The number of phosphoric ester groups is 1. The van der Waals surface area contributed by atoms with Crippen LogP contribution in [0.2, 0.25) is 0 Å². The highest BCUT2D eigenvalue weighted by molar-refractivity contribution is 7.47. The standard InChI is InChI=1S/C26H57N2O4P/c1-6-8-10-12-13-14-16-18-21-26(20-17-15-11-9-7-2)27-22-19-24-31-33(29,30)32-25-23-28(3,4)5/h26-27H,6-25H2,1-5H3/p+1. The van der Waals surface area contributed by atoms with Crippen molar-refractivity contribution in [2.45, 2.75) is 123 Å². The summed E-state index contributed by atoms with van der Waals surface area (Å²) in [5.74, 6) is 0. The number of phosphoric acid groups is 1. The van der Waals surface area contributed by atoms with Crippen molar-refractivity contribution in [2.24, 2.45) is 0 Å². The van der Waals surface area contributed by atoms with Crippen LogP contribution in [0.25, 0.3) is 0 Å². The van der Waals surface area contributed by atoms with Crippen LogP contribution < -0.4 is 5.32 Å². The molecule has 0 fully saturated rings. The van der Waals surface area contributed by atoms with Crippen molar-refractivity contribution in [3.63, 3.8) is 0 Å². The smallest absolute Gasteiger partial charge is 0.329 e. The molecule has 33 heavy (non-hydrogen) atoms. The number of likely N-dealkylation sites (N-methyl/N-ethyl adjacent to an activating group) is 1. The fraction of sp³-hybridized carbons (Fsp3) is 1.00. The molecule has 0 aliphatic rings. The minimum absolute atomic E-state index is 0.217. The average molecular weight is 494 g/mol. The third kappa shape index (κ3) is 24.9. The van der Waals surface area contributed by atoms with Crippen molar-refractivity contribution >= 4 is 7.82 Å². The molecule has 0 radical (unpaired) electrons. The quantitative estimate of drug-likeness (QED) is 0.0809. The third-order valence-electron chi connectivity index (χ3n) is 6.09. The predicted octanol–water partition coefficient (Wildman–Crippen LogP) is 7.07. The van der Waals surface area contributed by atoms with Crippen LogP contribution in [0.15, 0.2) is 0 Å². The predicted molar refractivity (Wildman–Crippen MR) is 142 cm³/mol. The Kier molecular flexibility index (Phi) is 21.3. The van der Waals surface area contributed by atoms with Crippen LogP contribution in [-0.2, 0) is 13.6 Å². The molecule has 0 spiro atoms. The van der Waals surface area contributed by atoms with Gasteiger partial charge < -0.3 is 14.7 Å². The van der Waals surface area contributed by atoms with E-state index in [1.807, 2.05) is 21.1 Å². The van der Waals surface area contributed by atoms with E-state index >= 15 is 0 Å². The normalized spacial score (nSPS) is 15.0. The zero-order valence-corrected chi connectivity index (χ0v) is 23.7. The van der Waals surface area contributed by atoms with Crippen LogP contribution in [-0.4, -0.2) is 62.9 Å². The van der Waals surface area contributed by atoms with E-state index in [0.717, 1.165) is 6.54 Å². The number of nitrogens with one attached hydrogen (secondary N) is 1. The molecule has 0 aromatic heterocycles. The summed E-state index contributed by atoms with van der Waals surface area (Å²) in [4.78, 5) is 9.83. The lowest BCUT2D eigenvalue weighted by molar-refractivity contribution is -0.870. The lowest BCUT2D eigenvalue weighted by Crippen LogP contribution is -2.37. The number of hydrogen-bond acceptors (Lipinski definition) is 4. The van der Waals surface area contributed by atoms with Crippen LogP contribution in [0.1, 0.15) is 117 Å². The van der Waals surface area contributed by atoms with Crippen molar-refractivity contribution in [1.29, 1.82) is 0 Å². The summed E-state index contributed by atoms with van der Waals surface area (Å²) in [6.45, 7) is 6.46. The Labute approximate surface area is 206 Å². The molecule has 200 valence electrons. The monoisotopic (exact) mass is 493 g/mol. The molecule has 2 atom stereocenters. The fourth-order valence-corrected chi connectivity index (χ4v) is 4.64. The second kappa shape index (κ2) is 21.3. The van der Waals surface area contributed by atoms with Gasteiger partial charge in [-0.1, -0.05) is 97.3 Å². The lowest BCUT2D eigenvalue weighted by Gasteiger charge is -2.24. The molecule has 0 bridgehead atoms. The molecule has 0 aromatic rings. The largest absolute Gasteiger partial charge is 0.472 e. The second-order valence-electron chi connectivity index (χ2n) is 10.6. The van der Waals surface area contributed by atoms with Crippen molar-refractivity contribution in [3.05, 3.63) is 0 Å². The van der Waals surface area contributed by atoms with Gasteiger partial charge in [-0.15, -0.1) is 0 Å². The van der Waals surface area contributed by atoms with Gasteiger partial charge in [0.25, 0.3) is 0 Å². The molecular weight excluding hydrogens is 435 g/mol. The van der Waals surface area contributed by atoms with Gasteiger partial charge in [0.05, 0.1) is 27.7 Å². The maximum Gasteiger partial charge on any atom is 0.472 e. The Morgan fingerprint density at radius 2 is 1.18 bits per heavy atom. The van der Waals surface area contributed by atoms with E-state index in [2.05, 4.69) is 19.2 Å². The summed E-state index contributed by atoms with van der Waals surface area (Å²) in [5, 5.41) is 3.68. The molecule has 0 heterocycles. The van der Waals surface area contributed by atoms with Gasteiger partial charge in [-0.25, -0.2) is 4.57 Å². The molecule has 0 rings (SSSR count). The Morgan fingerprint density at radius 1 is 0.727 bits per heavy atom. The summed E-state index contributed by atoms with van der Waals surface area (Å²) in [6, 6.07) is 0.549. The SMILES string of the molecule is CCCCCCCCCCC(CCCCCCC)NCCCOP(=O)(O)OCC[N+](C)(C)C. The topological polar surface area (TPSA) is 67.8 Å². The van der Waals surface area contributed by atoms with E-state index < -0.39 is 7.82 Å². The van der Waals surface area contributed by atoms with Gasteiger partial charge in [0.15, 0.2) is 0 Å². The molecule has 0 saturated heterocycles. The molecule has 0 aliphatic carbocycles. The van der Waals surface area contributed by atoms with Gasteiger partial charge in [-0.05, 0) is 25.8 Å². The van der Waals surface area contributed by atoms with Gasteiger partial charge in [0.2, 0.25) is 0 Å². The number of quaternary nitrogens is 1. The van der Waals surface area contributed by atoms with Gasteiger partial charge in [-0.2, -0.15) is 0 Å². The number of unbranched alkanes of at least 4 members (excludes halogenated alkanes) is 11. The van der Waals surface area contributed by atoms with Crippen LogP contribution in [0, 0.1) is 0 Å². The first-order valence-electron chi connectivity index (χ1n) is 13.9. The molecule has 2 unspecified atom stereocenters. The van der Waals surface area contributed by atoms with Crippen LogP contribution >= 0.6 is 7.82 Å². The summed E-state index contributed by atoms with van der Waals surface area (Å²) in [5.41, 5.74) is 0. The Morgan fingerprint density at radius 3 is 1.67 bits per heavy atom. The highest BCUT2D eigenvalue weighted by Gasteiger charge is 2.22. The zero-order valence-electron chi connectivity index (χ0n) is 22.8. The Hall–Kier alpha value is 0.0300. The third-order valence-corrected chi connectivity index (χ3v) is 7.11. The first kappa shape index (κ1) is 33.0. The van der Waals surface area contributed by atoms with E-state index in [-0.39, 0.29) is 13.2 Å². The first-order valence-corrected chi connectivity index (χ1v) is 15.4. The summed E-state index contributed by atoms with van der Waals surface area (Å²) in [7, 11) is 2.12.